The van der Waals surface area contributed by atoms with Gasteiger partial charge in [0.05, 0.1) is 11.1 Å². The number of rotatable bonds is 21. The molecule has 0 spiro atoms. The predicted molar refractivity (Wildman–Crippen MR) is 189 cm³/mol. The maximum absolute atomic E-state index is 13.3. The number of phenols is 2. The van der Waals surface area contributed by atoms with Gasteiger partial charge in [-0.25, -0.2) is 0 Å². The van der Waals surface area contributed by atoms with Crippen molar-refractivity contribution in [1.82, 2.24) is 21.7 Å². The zero-order valence-electron chi connectivity index (χ0n) is 29.5. The Bertz CT molecular complexity index is 1310. The molecule has 2 aromatic rings. The Balaban J connectivity index is 1.98. The Morgan fingerprint density at radius 2 is 0.979 bits per heavy atom. The van der Waals surface area contributed by atoms with Crippen molar-refractivity contribution in [2.45, 2.75) is 130 Å². The molecule has 4 amide bonds. The van der Waals surface area contributed by atoms with Crippen molar-refractivity contribution in [1.29, 1.82) is 0 Å². The average molecular weight is 667 g/mol. The molecule has 2 rings (SSSR count). The minimum Gasteiger partial charge on any atom is -0.507 e. The molecular formula is C38H58N4O6. The summed E-state index contributed by atoms with van der Waals surface area (Å²) in [5, 5.41) is 20.9. The molecule has 0 aliphatic rings. The number of carbonyl (C=O) groups excluding carboxylic acids is 4. The largest absolute Gasteiger partial charge is 0.507 e. The van der Waals surface area contributed by atoms with E-state index in [1.807, 2.05) is 26.0 Å². The lowest BCUT2D eigenvalue weighted by Crippen LogP contribution is -2.47. The Labute approximate surface area is 286 Å². The minimum absolute atomic E-state index is 0.0586. The molecule has 0 aliphatic carbocycles. The van der Waals surface area contributed by atoms with E-state index in [4.69, 9.17) is 0 Å². The fraction of sp³-hybridized carbons (Fsp3) is 0.579. The van der Waals surface area contributed by atoms with Gasteiger partial charge in [0.15, 0.2) is 0 Å². The Hall–Kier alpha value is -4.08. The van der Waals surface area contributed by atoms with E-state index in [0.29, 0.717) is 19.3 Å². The van der Waals surface area contributed by atoms with Gasteiger partial charge in [0.1, 0.15) is 11.5 Å². The van der Waals surface area contributed by atoms with Crippen LogP contribution in [-0.2, 0) is 22.4 Å². The van der Waals surface area contributed by atoms with Crippen molar-refractivity contribution in [3.63, 3.8) is 0 Å². The summed E-state index contributed by atoms with van der Waals surface area (Å²) in [6, 6.07) is 9.90. The molecule has 0 radical (unpaired) electrons. The number of hydrogen-bond acceptors (Lipinski definition) is 6. The normalized spacial score (nSPS) is 12.2. The summed E-state index contributed by atoms with van der Waals surface area (Å²) in [6.45, 7) is 8.24. The van der Waals surface area contributed by atoms with E-state index in [2.05, 4.69) is 35.6 Å². The van der Waals surface area contributed by atoms with E-state index in [0.717, 1.165) is 88.2 Å². The summed E-state index contributed by atoms with van der Waals surface area (Å²) in [5.74, 6) is -3.58. The number of nitrogens with one attached hydrogen (secondary N) is 4. The fourth-order valence-electron chi connectivity index (χ4n) is 5.79. The number of hydrazine groups is 2. The maximum Gasteiger partial charge on any atom is 0.273 e. The van der Waals surface area contributed by atoms with Crippen LogP contribution < -0.4 is 21.7 Å². The van der Waals surface area contributed by atoms with E-state index in [9.17, 15) is 29.4 Å². The van der Waals surface area contributed by atoms with Gasteiger partial charge in [0, 0.05) is 11.8 Å². The lowest BCUT2D eigenvalue weighted by atomic mass is 9.87. The zero-order valence-corrected chi connectivity index (χ0v) is 29.5. The zero-order chi connectivity index (χ0) is 35.3. The highest BCUT2D eigenvalue weighted by molar-refractivity contribution is 5.98. The summed E-state index contributed by atoms with van der Waals surface area (Å²) in [5.41, 5.74) is 11.8. The first-order valence-electron chi connectivity index (χ1n) is 18.0. The summed E-state index contributed by atoms with van der Waals surface area (Å²) in [7, 11) is 0. The van der Waals surface area contributed by atoms with Crippen LogP contribution in [0.1, 0.15) is 149 Å². The lowest BCUT2D eigenvalue weighted by molar-refractivity contribution is -0.129. The SMILES string of the molecule is CCCCCCc1ccc(C(=O)NNC(=O)C(CCC)CC(CCCC)C(=O)NNC(=O)c2ccc(CCCCCC)cc2O)c(O)c1. The van der Waals surface area contributed by atoms with Gasteiger partial charge < -0.3 is 10.2 Å². The molecule has 0 aromatic heterocycles. The highest BCUT2D eigenvalue weighted by Gasteiger charge is 2.28. The van der Waals surface area contributed by atoms with Crippen molar-refractivity contribution in [3.8, 4) is 11.5 Å². The van der Waals surface area contributed by atoms with Crippen molar-refractivity contribution in [2.24, 2.45) is 11.8 Å². The van der Waals surface area contributed by atoms with Gasteiger partial charge in [-0.1, -0.05) is 97.6 Å². The lowest BCUT2D eigenvalue weighted by Gasteiger charge is -2.23. The van der Waals surface area contributed by atoms with Crippen LogP contribution in [0, 0.1) is 11.8 Å². The second-order valence-electron chi connectivity index (χ2n) is 12.8. The quantitative estimate of drug-likeness (QED) is 0.0612. The van der Waals surface area contributed by atoms with Gasteiger partial charge in [-0.05, 0) is 80.3 Å². The first-order chi connectivity index (χ1) is 23.1. The topological polar surface area (TPSA) is 157 Å². The van der Waals surface area contributed by atoms with E-state index < -0.39 is 35.5 Å². The van der Waals surface area contributed by atoms with Gasteiger partial charge in [0.25, 0.3) is 11.8 Å². The van der Waals surface area contributed by atoms with Crippen LogP contribution in [0.5, 0.6) is 11.5 Å². The standard InChI is InChI=1S/C38H58N4O6/c1-5-9-12-14-17-27-20-22-31(33(43)24-27)37(47)41-39-35(45)29(16-8-4)26-30(19-11-7-3)36(46)40-42-38(48)32-23-21-28(25-34(32)44)18-15-13-10-6-2/h20-25,29-30,43-44H,5-19,26H2,1-4H3,(H,39,45)(H,40,46)(H,41,47)(H,42,48). The summed E-state index contributed by atoms with van der Waals surface area (Å²) >= 11 is 0. The van der Waals surface area contributed by atoms with Crippen LogP contribution in [0.2, 0.25) is 0 Å². The average Bonchev–Trinajstić information content (AvgIpc) is 3.07. The third-order valence-electron chi connectivity index (χ3n) is 8.70. The first-order valence-corrected chi connectivity index (χ1v) is 18.0. The molecule has 6 N–H and O–H groups in total. The van der Waals surface area contributed by atoms with E-state index in [1.54, 1.807) is 24.3 Å². The van der Waals surface area contributed by atoms with Crippen LogP contribution in [0.15, 0.2) is 36.4 Å². The molecule has 2 unspecified atom stereocenters. The molecule has 0 heterocycles. The maximum atomic E-state index is 13.3. The van der Waals surface area contributed by atoms with Crippen molar-refractivity contribution in [2.75, 3.05) is 0 Å². The molecule has 0 bridgehead atoms. The van der Waals surface area contributed by atoms with Gasteiger partial charge >= 0.3 is 0 Å². The predicted octanol–water partition coefficient (Wildman–Crippen LogP) is 7.18. The third-order valence-corrected chi connectivity index (χ3v) is 8.70. The number of unbranched alkanes of at least 4 members (excludes halogenated alkanes) is 7. The number of benzene rings is 2. The van der Waals surface area contributed by atoms with E-state index in [-0.39, 0.29) is 29.0 Å². The molecular weight excluding hydrogens is 608 g/mol. The van der Waals surface area contributed by atoms with E-state index in [1.165, 1.54) is 0 Å². The van der Waals surface area contributed by atoms with Crippen molar-refractivity contribution < 1.29 is 29.4 Å². The molecule has 0 aliphatic heterocycles. The number of phenolic OH excluding ortho intramolecular Hbond substituents is 2. The van der Waals surface area contributed by atoms with Crippen LogP contribution >= 0.6 is 0 Å². The number of aromatic hydroxyl groups is 2. The van der Waals surface area contributed by atoms with Gasteiger partial charge in [-0.3, -0.25) is 40.9 Å². The second kappa shape index (κ2) is 22.5. The van der Waals surface area contributed by atoms with Crippen molar-refractivity contribution in [3.05, 3.63) is 58.7 Å². The molecule has 48 heavy (non-hydrogen) atoms. The molecule has 266 valence electrons. The van der Waals surface area contributed by atoms with Crippen LogP contribution in [-0.4, -0.2) is 33.8 Å². The number of carbonyl (C=O) groups is 4. The van der Waals surface area contributed by atoms with Crippen LogP contribution in [0.3, 0.4) is 0 Å². The number of hydrogen-bond donors (Lipinski definition) is 6. The van der Waals surface area contributed by atoms with Gasteiger partial charge in [-0.15, -0.1) is 0 Å². The fourth-order valence-corrected chi connectivity index (χ4v) is 5.79. The van der Waals surface area contributed by atoms with Crippen molar-refractivity contribution >= 4 is 23.6 Å². The summed E-state index contributed by atoms with van der Waals surface area (Å²) in [4.78, 5) is 52.1. The first kappa shape index (κ1) is 40.1. The molecule has 10 heteroatoms. The third kappa shape index (κ3) is 14.0. The molecule has 0 fully saturated rings. The van der Waals surface area contributed by atoms with E-state index >= 15 is 0 Å². The number of aryl methyl sites for hydroxylation is 2. The summed E-state index contributed by atoms with van der Waals surface area (Å²) < 4.78 is 0. The molecule has 2 atom stereocenters. The smallest absolute Gasteiger partial charge is 0.273 e. The van der Waals surface area contributed by atoms with Crippen LogP contribution in [0.25, 0.3) is 0 Å². The Morgan fingerprint density at radius 1 is 0.542 bits per heavy atom. The summed E-state index contributed by atoms with van der Waals surface area (Å²) in [6.07, 6.45) is 13.9. The van der Waals surface area contributed by atoms with Gasteiger partial charge in [-0.2, -0.15) is 0 Å². The highest BCUT2D eigenvalue weighted by atomic mass is 16.3. The molecule has 2 aromatic carbocycles. The van der Waals surface area contributed by atoms with Gasteiger partial charge in [0.2, 0.25) is 11.8 Å². The molecule has 0 saturated carbocycles. The molecule has 10 nitrogen and oxygen atoms in total. The monoisotopic (exact) mass is 666 g/mol. The Morgan fingerprint density at radius 3 is 1.38 bits per heavy atom. The molecule has 0 saturated heterocycles. The van der Waals surface area contributed by atoms with Crippen LogP contribution in [0.4, 0.5) is 0 Å². The second-order valence-corrected chi connectivity index (χ2v) is 12.8. The Kier molecular flexibility index (Phi) is 18.8. The number of amides is 4. The minimum atomic E-state index is -0.635. The highest BCUT2D eigenvalue weighted by Crippen LogP contribution is 2.24.